The first kappa shape index (κ1) is 11.2. The molecule has 16 heavy (non-hydrogen) atoms. The average molecular weight is 260 g/mol. The second kappa shape index (κ2) is 3.96. The van der Waals surface area contributed by atoms with E-state index in [1.54, 1.807) is 18.2 Å². The minimum absolute atomic E-state index is 0.133. The van der Waals surface area contributed by atoms with E-state index in [9.17, 15) is 9.59 Å². The summed E-state index contributed by atoms with van der Waals surface area (Å²) < 4.78 is 0. The highest BCUT2D eigenvalue weighted by Gasteiger charge is 2.43. The Labute approximate surface area is 101 Å². The fourth-order valence-electron chi connectivity index (χ4n) is 1.52. The van der Waals surface area contributed by atoms with Gasteiger partial charge in [-0.2, -0.15) is 0 Å². The highest BCUT2D eigenvalue weighted by Crippen LogP contribution is 2.34. The average Bonchev–Trinajstić information content (AvgIpc) is 2.20. The molecule has 1 aromatic rings. The molecule has 1 unspecified atom stereocenters. The number of carboxylic acid groups (broad SMARTS) is 1. The van der Waals surface area contributed by atoms with Crippen molar-refractivity contribution >= 4 is 40.8 Å². The van der Waals surface area contributed by atoms with Gasteiger partial charge in [0, 0.05) is 11.6 Å². The molecule has 84 valence electrons. The lowest BCUT2D eigenvalue weighted by atomic mass is 9.98. The Morgan fingerprint density at radius 3 is 2.69 bits per heavy atom. The molecule has 4 nitrogen and oxygen atoms in total. The molecule has 1 amide bonds. The van der Waals surface area contributed by atoms with Gasteiger partial charge >= 0.3 is 5.97 Å². The summed E-state index contributed by atoms with van der Waals surface area (Å²) in [6.45, 7) is 0.133. The first-order chi connectivity index (χ1) is 7.50. The van der Waals surface area contributed by atoms with Crippen molar-refractivity contribution in [3.05, 3.63) is 28.2 Å². The Balaban J connectivity index is 2.25. The molecule has 1 atom stereocenters. The maximum absolute atomic E-state index is 11.5. The summed E-state index contributed by atoms with van der Waals surface area (Å²) in [5.41, 5.74) is 0.455. The number of hydrogen-bond acceptors (Lipinski definition) is 2. The van der Waals surface area contributed by atoms with Gasteiger partial charge in [-0.15, -0.1) is 0 Å². The molecule has 1 heterocycles. The minimum atomic E-state index is -1.11. The second-order valence-corrected chi connectivity index (χ2v) is 4.28. The number of rotatable bonds is 2. The number of amides is 1. The van der Waals surface area contributed by atoms with Crippen LogP contribution >= 0.6 is 23.2 Å². The van der Waals surface area contributed by atoms with Crippen molar-refractivity contribution in [1.29, 1.82) is 0 Å². The van der Waals surface area contributed by atoms with Crippen LogP contribution in [-0.2, 0) is 9.59 Å². The number of carbonyl (C=O) groups is 2. The van der Waals surface area contributed by atoms with Crippen molar-refractivity contribution in [3.63, 3.8) is 0 Å². The van der Waals surface area contributed by atoms with Gasteiger partial charge in [0.2, 0.25) is 5.91 Å². The molecular weight excluding hydrogens is 253 g/mol. The van der Waals surface area contributed by atoms with Crippen LogP contribution in [0.3, 0.4) is 0 Å². The van der Waals surface area contributed by atoms with Crippen molar-refractivity contribution in [1.82, 2.24) is 0 Å². The molecule has 1 aromatic carbocycles. The number of hydrogen-bond donors (Lipinski definition) is 1. The van der Waals surface area contributed by atoms with Gasteiger partial charge in [0.25, 0.3) is 0 Å². The highest BCUT2D eigenvalue weighted by molar-refractivity contribution is 6.36. The zero-order chi connectivity index (χ0) is 11.9. The largest absolute Gasteiger partial charge is 0.481 e. The molecule has 1 aliphatic rings. The molecule has 1 saturated heterocycles. The van der Waals surface area contributed by atoms with E-state index >= 15 is 0 Å². The van der Waals surface area contributed by atoms with Gasteiger partial charge in [0.1, 0.15) is 0 Å². The van der Waals surface area contributed by atoms with Crippen molar-refractivity contribution in [2.75, 3.05) is 11.4 Å². The lowest BCUT2D eigenvalue weighted by Crippen LogP contribution is -2.56. The molecule has 0 radical (unpaired) electrons. The Morgan fingerprint density at radius 1 is 1.44 bits per heavy atom. The summed E-state index contributed by atoms with van der Waals surface area (Å²) in [5, 5.41) is 9.51. The van der Waals surface area contributed by atoms with Gasteiger partial charge in [-0.3, -0.25) is 9.59 Å². The molecule has 0 saturated carbocycles. The normalized spacial score (nSPS) is 19.5. The van der Waals surface area contributed by atoms with Crippen LogP contribution in [-0.4, -0.2) is 23.5 Å². The second-order valence-electron chi connectivity index (χ2n) is 3.44. The summed E-state index contributed by atoms with van der Waals surface area (Å²) in [4.78, 5) is 23.4. The van der Waals surface area contributed by atoms with Gasteiger partial charge in [-0.1, -0.05) is 23.2 Å². The molecule has 1 aliphatic heterocycles. The number of nitrogens with zero attached hydrogens (tertiary/aromatic N) is 1. The van der Waals surface area contributed by atoms with Crippen molar-refractivity contribution < 1.29 is 14.7 Å². The third-order valence-corrected chi connectivity index (χ3v) is 2.98. The van der Waals surface area contributed by atoms with Gasteiger partial charge in [-0.25, -0.2) is 0 Å². The van der Waals surface area contributed by atoms with E-state index in [0.717, 1.165) is 0 Å². The van der Waals surface area contributed by atoms with Gasteiger partial charge in [0.15, 0.2) is 5.92 Å². The lowest BCUT2D eigenvalue weighted by Gasteiger charge is -2.36. The van der Waals surface area contributed by atoms with E-state index < -0.39 is 17.8 Å². The molecule has 6 heteroatoms. The molecule has 0 spiro atoms. The van der Waals surface area contributed by atoms with E-state index in [1.165, 1.54) is 4.90 Å². The third kappa shape index (κ3) is 1.74. The summed E-state index contributed by atoms with van der Waals surface area (Å²) in [6.07, 6.45) is 0. The fraction of sp³-hybridized carbons (Fsp3) is 0.200. The Bertz CT molecular complexity index is 475. The monoisotopic (exact) mass is 259 g/mol. The van der Waals surface area contributed by atoms with E-state index in [4.69, 9.17) is 28.3 Å². The zero-order valence-electron chi connectivity index (χ0n) is 7.98. The fourth-order valence-corrected chi connectivity index (χ4v) is 1.91. The smallest absolute Gasteiger partial charge is 0.317 e. The molecule has 0 aromatic heterocycles. The van der Waals surface area contributed by atoms with E-state index in [0.29, 0.717) is 15.7 Å². The standard InChI is InChI=1S/C10H7Cl2NO3/c11-5-1-2-7(12)8(3-5)13-4-6(9(13)14)10(15)16/h1-3,6H,4H2,(H,15,16). The Morgan fingerprint density at radius 2 is 2.12 bits per heavy atom. The number of halogens is 2. The third-order valence-electron chi connectivity index (χ3n) is 2.43. The number of aliphatic carboxylic acids is 1. The predicted molar refractivity (Wildman–Crippen MR) is 59.9 cm³/mol. The summed E-state index contributed by atoms with van der Waals surface area (Å²) >= 11 is 11.7. The van der Waals surface area contributed by atoms with E-state index in [2.05, 4.69) is 0 Å². The predicted octanol–water partition coefficient (Wildman–Crippen LogP) is 2.04. The SMILES string of the molecule is O=C(O)C1CN(c2cc(Cl)ccc2Cl)C1=O. The van der Waals surface area contributed by atoms with E-state index in [-0.39, 0.29) is 6.54 Å². The molecule has 0 bridgehead atoms. The molecule has 1 fully saturated rings. The Hall–Kier alpha value is -1.26. The van der Waals surface area contributed by atoms with Crippen LogP contribution in [0.25, 0.3) is 0 Å². The van der Waals surface area contributed by atoms with Crippen LogP contribution in [0.5, 0.6) is 0 Å². The number of benzene rings is 1. The summed E-state index contributed by atoms with van der Waals surface area (Å²) in [5.74, 6) is -2.54. The Kier molecular flexibility index (Phi) is 2.78. The van der Waals surface area contributed by atoms with Crippen LogP contribution in [0.15, 0.2) is 18.2 Å². The molecule has 1 N–H and O–H groups in total. The minimum Gasteiger partial charge on any atom is -0.481 e. The molecule has 2 rings (SSSR count). The van der Waals surface area contributed by atoms with Crippen LogP contribution in [0, 0.1) is 5.92 Å². The number of carbonyl (C=O) groups excluding carboxylic acids is 1. The maximum Gasteiger partial charge on any atom is 0.317 e. The van der Waals surface area contributed by atoms with Crippen LogP contribution in [0.2, 0.25) is 10.0 Å². The topological polar surface area (TPSA) is 57.6 Å². The van der Waals surface area contributed by atoms with Gasteiger partial charge in [-0.05, 0) is 18.2 Å². The number of carboxylic acids is 1. The van der Waals surface area contributed by atoms with E-state index in [1.807, 2.05) is 0 Å². The first-order valence-corrected chi connectivity index (χ1v) is 5.25. The summed E-state index contributed by atoms with van der Waals surface area (Å²) in [6, 6.07) is 4.72. The highest BCUT2D eigenvalue weighted by atomic mass is 35.5. The van der Waals surface area contributed by atoms with Crippen molar-refractivity contribution in [3.8, 4) is 0 Å². The van der Waals surface area contributed by atoms with Crippen LogP contribution in [0.1, 0.15) is 0 Å². The van der Waals surface area contributed by atoms with Gasteiger partial charge < -0.3 is 10.0 Å². The van der Waals surface area contributed by atoms with Crippen molar-refractivity contribution in [2.45, 2.75) is 0 Å². The van der Waals surface area contributed by atoms with Crippen molar-refractivity contribution in [2.24, 2.45) is 5.92 Å². The number of β-lactam (4-membered cyclic amide) rings is 1. The molecular formula is C10H7Cl2NO3. The van der Waals surface area contributed by atoms with Crippen LogP contribution < -0.4 is 4.90 Å². The molecule has 0 aliphatic carbocycles. The summed E-state index contributed by atoms with van der Waals surface area (Å²) in [7, 11) is 0. The lowest BCUT2D eigenvalue weighted by molar-refractivity contribution is -0.149. The maximum atomic E-state index is 11.5. The first-order valence-electron chi connectivity index (χ1n) is 4.50. The number of anilines is 1. The zero-order valence-corrected chi connectivity index (χ0v) is 9.50. The van der Waals surface area contributed by atoms with Gasteiger partial charge in [0.05, 0.1) is 10.7 Å². The quantitative estimate of drug-likeness (QED) is 0.653. The van der Waals surface area contributed by atoms with Crippen LogP contribution in [0.4, 0.5) is 5.69 Å².